The highest BCUT2D eigenvalue weighted by Crippen LogP contribution is 2.27. The molecule has 1 fully saturated rings. The zero-order chi connectivity index (χ0) is 14.9. The molecule has 0 bridgehead atoms. The first-order chi connectivity index (χ1) is 9.29. The van der Waals surface area contributed by atoms with Crippen molar-refractivity contribution in [2.75, 3.05) is 0 Å². The average molecular weight is 318 g/mol. The summed E-state index contributed by atoms with van der Waals surface area (Å²) in [4.78, 5) is 11.9. The molecule has 1 aromatic rings. The molecule has 0 aliphatic heterocycles. The van der Waals surface area contributed by atoms with Crippen LogP contribution in [0.2, 0.25) is 5.02 Å². The smallest absolute Gasteiger partial charge is 0.338 e. The van der Waals surface area contributed by atoms with Gasteiger partial charge < -0.3 is 4.74 Å². The average Bonchev–Trinajstić information content (AvgIpc) is 2.83. The van der Waals surface area contributed by atoms with Gasteiger partial charge in [0.05, 0.1) is 10.5 Å². The third-order valence-corrected chi connectivity index (χ3v) is 4.84. The molecule has 0 spiro atoms. The predicted molar refractivity (Wildman–Crippen MR) is 75.2 cm³/mol. The topological polar surface area (TPSA) is 86.5 Å². The van der Waals surface area contributed by atoms with E-state index < -0.39 is 16.0 Å². The SMILES string of the molecule is Cc1c(Cl)cc(C(=O)OC2CCCC2)cc1S(N)(=O)=O. The fourth-order valence-corrected chi connectivity index (χ4v) is 3.40. The molecule has 7 heteroatoms. The minimum Gasteiger partial charge on any atom is -0.459 e. The van der Waals surface area contributed by atoms with Gasteiger partial charge in [-0.3, -0.25) is 0 Å². The summed E-state index contributed by atoms with van der Waals surface area (Å²) in [7, 11) is -3.93. The second-order valence-electron chi connectivity index (χ2n) is 4.94. The summed E-state index contributed by atoms with van der Waals surface area (Å²) in [6.45, 7) is 1.54. The quantitative estimate of drug-likeness (QED) is 0.867. The van der Waals surface area contributed by atoms with Crippen molar-refractivity contribution < 1.29 is 17.9 Å². The molecular weight excluding hydrogens is 302 g/mol. The van der Waals surface area contributed by atoms with E-state index in [9.17, 15) is 13.2 Å². The first kappa shape index (κ1) is 15.3. The molecule has 0 unspecified atom stereocenters. The molecule has 0 amide bonds. The Labute approximate surface area is 123 Å². The van der Waals surface area contributed by atoms with E-state index >= 15 is 0 Å². The summed E-state index contributed by atoms with van der Waals surface area (Å²) < 4.78 is 28.3. The van der Waals surface area contributed by atoms with Crippen LogP contribution in [-0.2, 0) is 14.8 Å². The van der Waals surface area contributed by atoms with Crippen molar-refractivity contribution in [1.29, 1.82) is 0 Å². The van der Waals surface area contributed by atoms with Crippen molar-refractivity contribution in [3.8, 4) is 0 Å². The molecule has 0 saturated heterocycles. The lowest BCUT2D eigenvalue weighted by Crippen LogP contribution is -2.18. The molecular formula is C13H16ClNO4S. The number of carbonyl (C=O) groups is 1. The van der Waals surface area contributed by atoms with Crippen LogP contribution >= 0.6 is 11.6 Å². The molecule has 20 heavy (non-hydrogen) atoms. The van der Waals surface area contributed by atoms with Crippen LogP contribution in [0.5, 0.6) is 0 Å². The molecule has 2 rings (SSSR count). The number of halogens is 1. The summed E-state index contributed by atoms with van der Waals surface area (Å²) >= 11 is 5.96. The highest BCUT2D eigenvalue weighted by atomic mass is 35.5. The zero-order valence-corrected chi connectivity index (χ0v) is 12.6. The Balaban J connectivity index is 2.32. The van der Waals surface area contributed by atoms with E-state index in [4.69, 9.17) is 21.5 Å². The van der Waals surface area contributed by atoms with Gasteiger partial charge in [0.25, 0.3) is 0 Å². The van der Waals surface area contributed by atoms with Crippen molar-refractivity contribution in [2.24, 2.45) is 5.14 Å². The summed E-state index contributed by atoms with van der Waals surface area (Å²) in [6, 6.07) is 2.62. The van der Waals surface area contributed by atoms with E-state index in [2.05, 4.69) is 0 Å². The van der Waals surface area contributed by atoms with Crippen LogP contribution < -0.4 is 5.14 Å². The van der Waals surface area contributed by atoms with Crippen molar-refractivity contribution in [3.05, 3.63) is 28.3 Å². The van der Waals surface area contributed by atoms with Gasteiger partial charge in [-0.05, 0) is 50.3 Å². The minimum absolute atomic E-state index is 0.0967. The molecule has 2 N–H and O–H groups in total. The molecule has 1 aliphatic carbocycles. The number of sulfonamides is 1. The highest BCUT2D eigenvalue weighted by molar-refractivity contribution is 7.89. The van der Waals surface area contributed by atoms with Gasteiger partial charge in [-0.1, -0.05) is 11.6 Å². The first-order valence-corrected chi connectivity index (χ1v) is 8.25. The molecule has 0 atom stereocenters. The van der Waals surface area contributed by atoms with Crippen LogP contribution in [0.3, 0.4) is 0 Å². The summed E-state index contributed by atoms with van der Waals surface area (Å²) in [5.41, 5.74) is 0.433. The zero-order valence-electron chi connectivity index (χ0n) is 11.1. The van der Waals surface area contributed by atoms with E-state index in [0.717, 1.165) is 25.7 Å². The Morgan fingerprint density at radius 2 is 1.95 bits per heavy atom. The van der Waals surface area contributed by atoms with Crippen LogP contribution in [0.15, 0.2) is 17.0 Å². The van der Waals surface area contributed by atoms with E-state index in [0.29, 0.717) is 5.56 Å². The number of primary sulfonamides is 1. The van der Waals surface area contributed by atoms with Crippen LogP contribution in [0.4, 0.5) is 0 Å². The van der Waals surface area contributed by atoms with Crippen molar-refractivity contribution >= 4 is 27.6 Å². The number of hydrogen-bond donors (Lipinski definition) is 1. The number of rotatable bonds is 3. The van der Waals surface area contributed by atoms with Crippen LogP contribution in [-0.4, -0.2) is 20.5 Å². The van der Waals surface area contributed by atoms with Gasteiger partial charge in [-0.15, -0.1) is 0 Å². The fourth-order valence-electron chi connectivity index (χ4n) is 2.29. The van der Waals surface area contributed by atoms with Gasteiger partial charge in [0.15, 0.2) is 0 Å². The van der Waals surface area contributed by atoms with Gasteiger partial charge in [0.1, 0.15) is 6.10 Å². The fraction of sp³-hybridized carbons (Fsp3) is 0.462. The van der Waals surface area contributed by atoms with Crippen molar-refractivity contribution in [1.82, 2.24) is 0 Å². The normalized spacial score (nSPS) is 16.4. The Kier molecular flexibility index (Phi) is 4.36. The number of ether oxygens (including phenoxy) is 1. The van der Waals surface area contributed by atoms with Crippen LogP contribution in [0, 0.1) is 6.92 Å². The molecule has 110 valence electrons. The van der Waals surface area contributed by atoms with Gasteiger partial charge in [0.2, 0.25) is 10.0 Å². The maximum Gasteiger partial charge on any atom is 0.338 e. The first-order valence-electron chi connectivity index (χ1n) is 6.33. The molecule has 1 aromatic carbocycles. The standard InChI is InChI=1S/C13H16ClNO4S/c1-8-11(14)6-9(7-12(8)20(15,17)18)13(16)19-10-4-2-3-5-10/h6-7,10H,2-5H2,1H3,(H2,15,17,18). The molecule has 0 aromatic heterocycles. The summed E-state index contributed by atoms with van der Waals surface area (Å²) in [6.07, 6.45) is 3.66. The summed E-state index contributed by atoms with van der Waals surface area (Å²) in [5.74, 6) is -0.566. The molecule has 0 heterocycles. The van der Waals surface area contributed by atoms with Crippen molar-refractivity contribution in [3.63, 3.8) is 0 Å². The van der Waals surface area contributed by atoms with Crippen molar-refractivity contribution in [2.45, 2.75) is 43.6 Å². The Bertz CT molecular complexity index is 636. The number of benzene rings is 1. The van der Waals surface area contributed by atoms with Gasteiger partial charge in [-0.25, -0.2) is 18.4 Å². The second kappa shape index (κ2) is 5.71. The lowest BCUT2D eigenvalue weighted by molar-refractivity contribution is 0.0317. The van der Waals surface area contributed by atoms with Gasteiger partial charge in [-0.2, -0.15) is 0 Å². The third kappa shape index (κ3) is 3.31. The predicted octanol–water partition coefficient (Wildman–Crippen LogP) is 2.40. The van der Waals surface area contributed by atoms with E-state index in [1.54, 1.807) is 0 Å². The van der Waals surface area contributed by atoms with Gasteiger partial charge in [0, 0.05) is 5.02 Å². The number of nitrogens with two attached hydrogens (primary N) is 1. The maximum absolute atomic E-state index is 12.0. The van der Waals surface area contributed by atoms with Gasteiger partial charge >= 0.3 is 5.97 Å². The highest BCUT2D eigenvalue weighted by Gasteiger charge is 2.23. The lowest BCUT2D eigenvalue weighted by atomic mass is 10.1. The Morgan fingerprint density at radius 3 is 2.50 bits per heavy atom. The number of esters is 1. The van der Waals surface area contributed by atoms with E-state index in [-0.39, 0.29) is 21.6 Å². The Hall–Kier alpha value is -1.11. The van der Waals surface area contributed by atoms with E-state index in [1.165, 1.54) is 19.1 Å². The molecule has 1 aliphatic rings. The lowest BCUT2D eigenvalue weighted by Gasteiger charge is -2.13. The number of hydrogen-bond acceptors (Lipinski definition) is 4. The van der Waals surface area contributed by atoms with E-state index in [1.807, 2.05) is 0 Å². The second-order valence-corrected chi connectivity index (χ2v) is 6.88. The van der Waals surface area contributed by atoms with Crippen LogP contribution in [0.1, 0.15) is 41.6 Å². The summed E-state index contributed by atoms with van der Waals surface area (Å²) in [5, 5.41) is 5.30. The Morgan fingerprint density at radius 1 is 1.35 bits per heavy atom. The third-order valence-electron chi connectivity index (χ3n) is 3.41. The van der Waals surface area contributed by atoms with Crippen LogP contribution in [0.25, 0.3) is 0 Å². The number of carbonyl (C=O) groups excluding carboxylic acids is 1. The monoisotopic (exact) mass is 317 g/mol. The molecule has 1 saturated carbocycles. The molecule has 0 radical (unpaired) electrons. The largest absolute Gasteiger partial charge is 0.459 e. The molecule has 5 nitrogen and oxygen atoms in total. The minimum atomic E-state index is -3.93. The maximum atomic E-state index is 12.0.